The third-order valence-electron chi connectivity index (χ3n) is 4.32. The SMILES string of the molecule is CC1(C)CCC(O)(CNCc2ccc(Cl)cc2F)CC1. The first-order chi connectivity index (χ1) is 9.30. The Morgan fingerprint density at radius 3 is 2.50 bits per heavy atom. The molecule has 0 radical (unpaired) electrons. The van der Waals surface area contributed by atoms with Crippen LogP contribution in [-0.2, 0) is 6.54 Å². The van der Waals surface area contributed by atoms with Gasteiger partial charge >= 0.3 is 0 Å². The zero-order valence-corrected chi connectivity index (χ0v) is 12.9. The van der Waals surface area contributed by atoms with Gasteiger partial charge in [-0.3, -0.25) is 0 Å². The largest absolute Gasteiger partial charge is 0.389 e. The zero-order valence-electron chi connectivity index (χ0n) is 12.2. The second-order valence-corrected chi connectivity index (χ2v) is 7.16. The molecule has 0 saturated heterocycles. The summed E-state index contributed by atoms with van der Waals surface area (Å²) in [4.78, 5) is 0. The fourth-order valence-corrected chi connectivity index (χ4v) is 2.82. The van der Waals surface area contributed by atoms with E-state index in [0.717, 1.165) is 25.7 Å². The second kappa shape index (κ2) is 6.00. The Bertz CT molecular complexity index is 466. The molecule has 1 aromatic carbocycles. The fraction of sp³-hybridized carbons (Fsp3) is 0.625. The van der Waals surface area contributed by atoms with Crippen molar-refractivity contribution >= 4 is 11.6 Å². The first kappa shape index (κ1) is 15.7. The Kier molecular flexibility index (Phi) is 4.73. The third-order valence-corrected chi connectivity index (χ3v) is 4.55. The summed E-state index contributed by atoms with van der Waals surface area (Å²) in [6, 6.07) is 4.68. The molecule has 0 atom stereocenters. The van der Waals surface area contributed by atoms with Gasteiger partial charge in [0.25, 0.3) is 0 Å². The van der Waals surface area contributed by atoms with Crippen molar-refractivity contribution in [3.63, 3.8) is 0 Å². The number of nitrogens with one attached hydrogen (secondary N) is 1. The van der Waals surface area contributed by atoms with Gasteiger partial charge in [0.05, 0.1) is 5.60 Å². The molecule has 2 rings (SSSR count). The summed E-state index contributed by atoms with van der Waals surface area (Å²) < 4.78 is 13.6. The van der Waals surface area contributed by atoms with Crippen molar-refractivity contribution in [1.82, 2.24) is 5.32 Å². The summed E-state index contributed by atoms with van der Waals surface area (Å²) in [7, 11) is 0. The summed E-state index contributed by atoms with van der Waals surface area (Å²) in [6.45, 7) is 5.39. The van der Waals surface area contributed by atoms with Crippen LogP contribution in [-0.4, -0.2) is 17.3 Å². The van der Waals surface area contributed by atoms with E-state index in [4.69, 9.17) is 11.6 Å². The summed E-state index contributed by atoms with van der Waals surface area (Å²) in [5.74, 6) is -0.304. The molecule has 0 unspecified atom stereocenters. The van der Waals surface area contributed by atoms with E-state index in [1.807, 2.05) is 0 Å². The lowest BCUT2D eigenvalue weighted by Gasteiger charge is -2.40. The maximum atomic E-state index is 13.6. The van der Waals surface area contributed by atoms with Gasteiger partial charge in [-0.1, -0.05) is 31.5 Å². The molecule has 0 amide bonds. The average molecular weight is 300 g/mol. The van der Waals surface area contributed by atoms with Gasteiger partial charge in [0.15, 0.2) is 0 Å². The van der Waals surface area contributed by atoms with E-state index in [-0.39, 0.29) is 5.82 Å². The molecule has 0 spiro atoms. The van der Waals surface area contributed by atoms with Crippen LogP contribution < -0.4 is 5.32 Å². The maximum Gasteiger partial charge on any atom is 0.129 e. The number of rotatable bonds is 4. The minimum Gasteiger partial charge on any atom is -0.389 e. The van der Waals surface area contributed by atoms with Crippen LogP contribution in [0.15, 0.2) is 18.2 Å². The van der Waals surface area contributed by atoms with Crippen molar-refractivity contribution in [3.8, 4) is 0 Å². The van der Waals surface area contributed by atoms with E-state index in [9.17, 15) is 9.50 Å². The van der Waals surface area contributed by atoms with E-state index < -0.39 is 5.60 Å². The van der Waals surface area contributed by atoms with Crippen LogP contribution in [0.25, 0.3) is 0 Å². The summed E-state index contributed by atoms with van der Waals surface area (Å²) in [6.07, 6.45) is 3.66. The Hall–Kier alpha value is -0.640. The number of benzene rings is 1. The number of hydrogen-bond donors (Lipinski definition) is 2. The highest BCUT2D eigenvalue weighted by Crippen LogP contribution is 2.39. The molecular formula is C16H23ClFNO. The highest BCUT2D eigenvalue weighted by Gasteiger charge is 2.36. The summed E-state index contributed by atoms with van der Waals surface area (Å²) in [5, 5.41) is 14.1. The van der Waals surface area contributed by atoms with Crippen LogP contribution in [0.2, 0.25) is 5.02 Å². The van der Waals surface area contributed by atoms with Crippen LogP contribution in [0.3, 0.4) is 0 Å². The lowest BCUT2D eigenvalue weighted by Crippen LogP contribution is -2.44. The molecule has 1 aromatic rings. The molecule has 1 aliphatic rings. The molecule has 0 aromatic heterocycles. The van der Waals surface area contributed by atoms with E-state index in [1.54, 1.807) is 12.1 Å². The van der Waals surface area contributed by atoms with Gasteiger partial charge in [-0.15, -0.1) is 0 Å². The molecule has 0 bridgehead atoms. The van der Waals surface area contributed by atoms with E-state index in [2.05, 4.69) is 19.2 Å². The predicted molar refractivity (Wildman–Crippen MR) is 80.3 cm³/mol. The molecule has 1 saturated carbocycles. The molecule has 112 valence electrons. The van der Waals surface area contributed by atoms with Gasteiger partial charge in [-0.2, -0.15) is 0 Å². The van der Waals surface area contributed by atoms with E-state index in [1.165, 1.54) is 6.07 Å². The first-order valence-electron chi connectivity index (χ1n) is 7.17. The van der Waals surface area contributed by atoms with Crippen molar-refractivity contribution in [1.29, 1.82) is 0 Å². The molecule has 2 nitrogen and oxygen atoms in total. The Morgan fingerprint density at radius 1 is 1.25 bits per heavy atom. The number of hydrogen-bond acceptors (Lipinski definition) is 2. The van der Waals surface area contributed by atoms with Crippen LogP contribution in [0.4, 0.5) is 4.39 Å². The van der Waals surface area contributed by atoms with Crippen LogP contribution in [0, 0.1) is 11.2 Å². The molecular weight excluding hydrogens is 277 g/mol. The lowest BCUT2D eigenvalue weighted by molar-refractivity contribution is -0.0245. The molecule has 1 fully saturated rings. The quantitative estimate of drug-likeness (QED) is 0.884. The number of aliphatic hydroxyl groups is 1. The number of halogens is 2. The highest BCUT2D eigenvalue weighted by molar-refractivity contribution is 6.30. The summed E-state index contributed by atoms with van der Waals surface area (Å²) in [5.41, 5.74) is 0.251. The van der Waals surface area contributed by atoms with Gasteiger partial charge in [0, 0.05) is 23.7 Å². The normalized spacial score (nSPS) is 20.9. The minimum absolute atomic E-state index is 0.304. The van der Waals surface area contributed by atoms with Gasteiger partial charge in [-0.05, 0) is 43.2 Å². The van der Waals surface area contributed by atoms with Gasteiger partial charge in [0.1, 0.15) is 5.82 Å². The Labute approximate surface area is 125 Å². The second-order valence-electron chi connectivity index (χ2n) is 6.73. The van der Waals surface area contributed by atoms with Crippen molar-refractivity contribution < 1.29 is 9.50 Å². The average Bonchev–Trinajstić information content (AvgIpc) is 2.37. The van der Waals surface area contributed by atoms with Gasteiger partial charge in [0.2, 0.25) is 0 Å². The van der Waals surface area contributed by atoms with Gasteiger partial charge in [-0.25, -0.2) is 4.39 Å². The molecule has 0 aliphatic heterocycles. The first-order valence-corrected chi connectivity index (χ1v) is 7.55. The molecule has 4 heteroatoms. The molecule has 2 N–H and O–H groups in total. The monoisotopic (exact) mass is 299 g/mol. The van der Waals surface area contributed by atoms with Gasteiger partial charge < -0.3 is 10.4 Å². The third kappa shape index (κ3) is 4.18. The van der Waals surface area contributed by atoms with Crippen LogP contribution in [0.5, 0.6) is 0 Å². The molecule has 0 heterocycles. The van der Waals surface area contributed by atoms with Crippen molar-refractivity contribution in [2.24, 2.45) is 5.41 Å². The fourth-order valence-electron chi connectivity index (χ4n) is 2.66. The van der Waals surface area contributed by atoms with Crippen LogP contribution in [0.1, 0.15) is 45.1 Å². The molecule has 20 heavy (non-hydrogen) atoms. The standard InChI is InChI=1S/C16H23ClFNO/c1-15(2)5-7-16(20,8-6-15)11-19-10-12-3-4-13(17)9-14(12)18/h3-4,9,19-20H,5-8,10-11H2,1-2H3. The topological polar surface area (TPSA) is 32.3 Å². The zero-order chi connectivity index (χ0) is 14.8. The Morgan fingerprint density at radius 2 is 1.90 bits per heavy atom. The minimum atomic E-state index is -0.654. The lowest BCUT2D eigenvalue weighted by atomic mass is 9.71. The van der Waals surface area contributed by atoms with E-state index in [0.29, 0.717) is 29.1 Å². The van der Waals surface area contributed by atoms with Crippen molar-refractivity contribution in [2.75, 3.05) is 6.54 Å². The maximum absolute atomic E-state index is 13.6. The summed E-state index contributed by atoms with van der Waals surface area (Å²) >= 11 is 5.72. The van der Waals surface area contributed by atoms with Crippen LogP contribution >= 0.6 is 11.6 Å². The van der Waals surface area contributed by atoms with Crippen molar-refractivity contribution in [2.45, 2.75) is 51.7 Å². The van der Waals surface area contributed by atoms with Crippen molar-refractivity contribution in [3.05, 3.63) is 34.6 Å². The molecule has 1 aliphatic carbocycles. The van der Waals surface area contributed by atoms with E-state index >= 15 is 0 Å². The highest BCUT2D eigenvalue weighted by atomic mass is 35.5. The Balaban J connectivity index is 1.84. The predicted octanol–water partition coefficient (Wildman–Crippen LogP) is 3.90. The smallest absolute Gasteiger partial charge is 0.129 e.